The van der Waals surface area contributed by atoms with E-state index in [1.54, 1.807) is 14.7 Å². The molecule has 0 aliphatic carbocycles. The van der Waals surface area contributed by atoms with Crippen LogP contribution >= 0.6 is 0 Å². The first kappa shape index (κ1) is 34.5. The number of nitrogens with zero attached hydrogens (tertiary/aromatic N) is 4. The van der Waals surface area contributed by atoms with E-state index in [1.165, 1.54) is 38.3 Å². The molecule has 227 valence electrons. The maximum atomic E-state index is 11.4. The first-order valence-electron chi connectivity index (χ1n) is 12.7. The summed E-state index contributed by atoms with van der Waals surface area (Å²) in [6.45, 7) is 1.16. The number of carboxylic acids is 3. The number of ether oxygens (including phenoxy) is 1. The second kappa shape index (κ2) is 16.7. The van der Waals surface area contributed by atoms with Gasteiger partial charge in [-0.1, -0.05) is 0 Å². The van der Waals surface area contributed by atoms with E-state index in [0.717, 1.165) is 0 Å². The molecule has 2 saturated heterocycles. The molecule has 2 aliphatic rings. The molecule has 16 nitrogen and oxygen atoms in total. The second-order valence-corrected chi connectivity index (χ2v) is 11.6. The zero-order chi connectivity index (χ0) is 29.2. The Hall–Kier alpha value is -0.665. The molecule has 39 heavy (non-hydrogen) atoms. The summed E-state index contributed by atoms with van der Waals surface area (Å²) >= 11 is 1.51. The van der Waals surface area contributed by atoms with Crippen molar-refractivity contribution >= 4 is 17.9 Å². The van der Waals surface area contributed by atoms with Crippen LogP contribution in [0.5, 0.6) is 0 Å². The van der Waals surface area contributed by atoms with Gasteiger partial charge < -0.3 is 0 Å². The third-order valence-electron chi connectivity index (χ3n) is 6.74. The summed E-state index contributed by atoms with van der Waals surface area (Å²) < 4.78 is 5.54. The molecule has 17 heteroatoms. The minimum atomic E-state index is -1.50. The van der Waals surface area contributed by atoms with Crippen molar-refractivity contribution in [2.75, 3.05) is 85.2 Å². The Balaban J connectivity index is 2.13. The number of carbonyl (C=O) groups is 3. The number of quaternary nitrogens is 1. The van der Waals surface area contributed by atoms with Crippen LogP contribution in [0.4, 0.5) is 0 Å². The van der Waals surface area contributed by atoms with Crippen molar-refractivity contribution in [3.63, 3.8) is 0 Å². The number of hydroxylamine groups is 2. The molecule has 2 aliphatic heterocycles. The van der Waals surface area contributed by atoms with Crippen LogP contribution in [0.25, 0.3) is 0 Å². The molecule has 0 aromatic rings. The van der Waals surface area contributed by atoms with Gasteiger partial charge in [0.25, 0.3) is 0 Å². The van der Waals surface area contributed by atoms with Crippen LogP contribution in [0.15, 0.2) is 0 Å². The molecule has 2 rings (SSSR count). The van der Waals surface area contributed by atoms with Crippen molar-refractivity contribution in [3.8, 4) is 0 Å². The summed E-state index contributed by atoms with van der Waals surface area (Å²) in [4.78, 5) is 45.4. The summed E-state index contributed by atoms with van der Waals surface area (Å²) in [6, 6.07) is 0. The molecule has 0 aromatic carbocycles. The van der Waals surface area contributed by atoms with Gasteiger partial charge >= 0.3 is 254 Å². The Morgan fingerprint density at radius 1 is 0.744 bits per heavy atom. The van der Waals surface area contributed by atoms with Gasteiger partial charge in [-0.25, -0.2) is 0 Å². The molecular weight excluding hydrogens is 670 g/mol. The first-order chi connectivity index (χ1) is 18.3. The summed E-state index contributed by atoms with van der Waals surface area (Å²) in [5.74, 6) is -3.09. The second-order valence-electron chi connectivity index (χ2n) is 9.72. The Morgan fingerprint density at radius 2 is 1.15 bits per heavy atom. The van der Waals surface area contributed by atoms with Crippen molar-refractivity contribution in [1.82, 2.24) is 14.7 Å². The number of rotatable bonds is 11. The van der Waals surface area contributed by atoms with Crippen LogP contribution in [-0.4, -0.2) is 185 Å². The summed E-state index contributed by atoms with van der Waals surface area (Å²) in [7, 11) is 0. The molecular formula is C22H40GdN4O12+. The van der Waals surface area contributed by atoms with E-state index in [4.69, 9.17) is 9.57 Å². The van der Waals surface area contributed by atoms with Gasteiger partial charge in [0.1, 0.15) is 0 Å². The zero-order valence-corrected chi connectivity index (χ0v) is 23.9. The molecule has 7 N–H and O–H groups in total. The fraction of sp³-hybridized carbons (Fsp3) is 0.864. The van der Waals surface area contributed by atoms with Crippen LogP contribution in [0.1, 0.15) is 6.42 Å². The Labute approximate surface area is 252 Å². The van der Waals surface area contributed by atoms with Crippen molar-refractivity contribution in [2.24, 2.45) is 0 Å². The average Bonchev–Trinajstić information content (AvgIpc) is 2.85. The van der Waals surface area contributed by atoms with Gasteiger partial charge in [-0.2, -0.15) is 0 Å². The third kappa shape index (κ3) is 12.0. The van der Waals surface area contributed by atoms with Gasteiger partial charge in [0.15, 0.2) is 0 Å². The number of aliphatic hydroxyl groups is 4. The van der Waals surface area contributed by atoms with Crippen molar-refractivity contribution in [1.29, 1.82) is 0 Å². The minimum absolute atomic E-state index is 0.00248. The van der Waals surface area contributed by atoms with E-state index in [2.05, 4.69) is 0 Å². The molecule has 0 spiro atoms. The van der Waals surface area contributed by atoms with E-state index in [1.807, 2.05) is 0 Å². The number of aliphatic carboxylic acids is 3. The van der Waals surface area contributed by atoms with E-state index in [-0.39, 0.29) is 59.7 Å². The molecule has 0 radical (unpaired) electrons. The molecule has 2 heterocycles. The van der Waals surface area contributed by atoms with E-state index < -0.39 is 55.0 Å². The number of hydrogen-bond donors (Lipinski definition) is 7. The SMILES string of the molecule is O=C(O)CN1CCN(CC(=O)O)CC[N+]([Gd])(OCC[C@@H]2O[C@H](CO)[C@H](O)[C@H](O)[C@H]2O)CCN(CC(=O)O)CC1. The summed E-state index contributed by atoms with van der Waals surface area (Å²) in [5.41, 5.74) is 0. The zero-order valence-electron chi connectivity index (χ0n) is 21.6. The van der Waals surface area contributed by atoms with E-state index in [9.17, 15) is 50.1 Å². The van der Waals surface area contributed by atoms with Crippen LogP contribution in [-0.2, 0) is 24.0 Å². The van der Waals surface area contributed by atoms with Crippen LogP contribution in [0.2, 0.25) is 0 Å². The molecule has 0 bridgehead atoms. The van der Waals surface area contributed by atoms with Crippen LogP contribution in [0, 0.1) is 38.3 Å². The van der Waals surface area contributed by atoms with E-state index >= 15 is 0 Å². The maximum absolute atomic E-state index is 11.4. The molecule has 2 fully saturated rings. The molecule has 0 saturated carbocycles. The molecule has 0 amide bonds. The average molecular weight is 710 g/mol. The van der Waals surface area contributed by atoms with Gasteiger partial charge in [-0.15, -0.1) is 0 Å². The predicted molar refractivity (Wildman–Crippen MR) is 127 cm³/mol. The van der Waals surface area contributed by atoms with Gasteiger partial charge in [-0.3, -0.25) is 0 Å². The third-order valence-corrected chi connectivity index (χ3v) is 8.05. The molecule has 0 unspecified atom stereocenters. The topological polar surface area (TPSA) is 221 Å². The molecule has 0 aromatic heterocycles. The van der Waals surface area contributed by atoms with Crippen molar-refractivity contribution in [3.05, 3.63) is 0 Å². The Morgan fingerprint density at radius 3 is 1.56 bits per heavy atom. The van der Waals surface area contributed by atoms with Gasteiger partial charge in [-0.05, 0) is 0 Å². The first-order valence-corrected chi connectivity index (χ1v) is 13.7. The fourth-order valence-corrected chi connectivity index (χ4v) is 5.18. The van der Waals surface area contributed by atoms with E-state index in [0.29, 0.717) is 26.2 Å². The van der Waals surface area contributed by atoms with Gasteiger partial charge in [0.05, 0.1) is 0 Å². The standard InChI is InChI=1S/C22H40N4O12.Gd/c27-14-16-21(35)22(36)20(34)15(38-16)1-10-37-26-8-6-24(12-18(30)31)4-2-23(11-17(28)29)3-5-25(7-9-26)13-19(32)33;/h15-16,20-22,27,34-36H,1-14H2,(H,28,29)(H,30,31)(H,32,33);/q;+1/t15-,16+,20-,21-,22+;/m0./s1. The monoisotopic (exact) mass is 710 g/mol. The van der Waals surface area contributed by atoms with Crippen molar-refractivity contribution in [2.45, 2.75) is 36.9 Å². The normalized spacial score (nSPS) is 30.2. The van der Waals surface area contributed by atoms with Crippen LogP contribution in [0.3, 0.4) is 0 Å². The van der Waals surface area contributed by atoms with Crippen LogP contribution < -0.4 is 0 Å². The number of hydrogen-bond acceptors (Lipinski definition) is 12. The number of aliphatic hydroxyl groups excluding tert-OH is 4. The predicted octanol–water partition coefficient (Wildman–Crippen LogP) is -4.39. The fourth-order valence-electron chi connectivity index (χ4n) is 4.51. The molecule has 5 atom stereocenters. The summed E-state index contributed by atoms with van der Waals surface area (Å²) in [6.07, 6.45) is -6.16. The Bertz CT molecular complexity index is 777. The Kier molecular flexibility index (Phi) is 14.8. The van der Waals surface area contributed by atoms with Gasteiger partial charge in [0.2, 0.25) is 0 Å². The van der Waals surface area contributed by atoms with Gasteiger partial charge in [0, 0.05) is 0 Å². The number of carboxylic acid groups (broad SMARTS) is 3. The van der Waals surface area contributed by atoms with Crippen molar-refractivity contribution < 1.29 is 98.8 Å². The quantitative estimate of drug-likeness (QED) is 0.108. The summed E-state index contributed by atoms with van der Waals surface area (Å²) in [5, 5.41) is 67.7.